The van der Waals surface area contributed by atoms with Crippen molar-refractivity contribution in [3.05, 3.63) is 72.7 Å². The zero-order valence-electron chi connectivity index (χ0n) is 15.3. The lowest BCUT2D eigenvalue weighted by molar-refractivity contribution is 0.624. The predicted molar refractivity (Wildman–Crippen MR) is 109 cm³/mol. The number of rotatable bonds is 5. The molecule has 0 bridgehead atoms. The minimum Gasteiger partial charge on any atom is -0.324 e. The maximum absolute atomic E-state index is 13.8. The van der Waals surface area contributed by atoms with Gasteiger partial charge in [0, 0.05) is 22.3 Å². The van der Waals surface area contributed by atoms with E-state index in [2.05, 4.69) is 25.4 Å². The fourth-order valence-electron chi connectivity index (χ4n) is 2.70. The molecule has 0 aliphatic heterocycles. The lowest BCUT2D eigenvalue weighted by atomic mass is 10.1. The molecule has 0 radical (unpaired) electrons. The van der Waals surface area contributed by atoms with Crippen LogP contribution < -0.4 is 5.32 Å². The van der Waals surface area contributed by atoms with Crippen LogP contribution in [0, 0.1) is 12.7 Å². The summed E-state index contributed by atoms with van der Waals surface area (Å²) in [5.74, 6) is 0.875. The molecule has 28 heavy (non-hydrogen) atoms. The third kappa shape index (κ3) is 4.01. The van der Waals surface area contributed by atoms with Crippen LogP contribution in [0.5, 0.6) is 0 Å². The Kier molecular flexibility index (Phi) is 5.03. The molecule has 2 aromatic heterocycles. The van der Waals surface area contributed by atoms with Crippen molar-refractivity contribution in [2.24, 2.45) is 0 Å². The highest BCUT2D eigenvalue weighted by atomic mass is 32.2. The molecule has 0 saturated carbocycles. The van der Waals surface area contributed by atoms with E-state index in [1.54, 1.807) is 23.3 Å². The Hall–Kier alpha value is -3.26. The van der Waals surface area contributed by atoms with Crippen LogP contribution in [-0.4, -0.2) is 31.0 Å². The van der Waals surface area contributed by atoms with E-state index < -0.39 is 0 Å². The molecule has 4 rings (SSSR count). The standard InChI is InChI=1S/C20H17FN6S/c1-13-23-12-27(26-13)17-5-3-16(4-6-17)24-20-22-8-7-19(25-20)14-9-15(21)11-18(10-14)28-2/h3-12H,1-2H3,(H,22,24,25). The second-order valence-corrected chi connectivity index (χ2v) is 6.93. The number of hydrogen-bond acceptors (Lipinski definition) is 6. The molecule has 0 unspecified atom stereocenters. The first-order chi connectivity index (χ1) is 13.6. The first-order valence-corrected chi connectivity index (χ1v) is 9.77. The average Bonchev–Trinajstić information content (AvgIpc) is 3.14. The van der Waals surface area contributed by atoms with Crippen LogP contribution in [0.4, 0.5) is 16.0 Å². The van der Waals surface area contributed by atoms with Crippen molar-refractivity contribution in [3.8, 4) is 16.9 Å². The number of anilines is 2. The molecule has 0 aliphatic rings. The summed E-state index contributed by atoms with van der Waals surface area (Å²) in [6, 6.07) is 14.3. The highest BCUT2D eigenvalue weighted by Crippen LogP contribution is 2.26. The van der Waals surface area contributed by atoms with Gasteiger partial charge in [0.25, 0.3) is 0 Å². The number of nitrogens with zero attached hydrogens (tertiary/aromatic N) is 5. The number of halogens is 1. The Morgan fingerprint density at radius 2 is 1.86 bits per heavy atom. The van der Waals surface area contributed by atoms with Gasteiger partial charge in [-0.3, -0.25) is 0 Å². The SMILES string of the molecule is CSc1cc(F)cc(-c2ccnc(Nc3ccc(-n4cnc(C)n4)cc3)n2)c1. The van der Waals surface area contributed by atoms with E-state index in [4.69, 9.17) is 0 Å². The van der Waals surface area contributed by atoms with Gasteiger partial charge in [0.1, 0.15) is 18.0 Å². The van der Waals surface area contributed by atoms with Crippen molar-refractivity contribution in [3.63, 3.8) is 0 Å². The maximum Gasteiger partial charge on any atom is 0.227 e. The number of benzene rings is 2. The number of nitrogens with one attached hydrogen (secondary N) is 1. The summed E-state index contributed by atoms with van der Waals surface area (Å²) in [5.41, 5.74) is 3.11. The van der Waals surface area contributed by atoms with Gasteiger partial charge >= 0.3 is 0 Å². The molecule has 4 aromatic rings. The van der Waals surface area contributed by atoms with Crippen LogP contribution in [0.25, 0.3) is 16.9 Å². The van der Waals surface area contributed by atoms with Crippen LogP contribution in [-0.2, 0) is 0 Å². The van der Waals surface area contributed by atoms with Crippen molar-refractivity contribution in [2.75, 3.05) is 11.6 Å². The maximum atomic E-state index is 13.8. The van der Waals surface area contributed by atoms with Gasteiger partial charge in [-0.15, -0.1) is 11.8 Å². The van der Waals surface area contributed by atoms with Crippen molar-refractivity contribution >= 4 is 23.4 Å². The molecule has 0 amide bonds. The third-order valence-electron chi connectivity index (χ3n) is 4.05. The number of hydrogen-bond donors (Lipinski definition) is 1. The van der Waals surface area contributed by atoms with Crippen molar-refractivity contribution in [1.29, 1.82) is 0 Å². The molecule has 2 heterocycles. The molecular formula is C20H17FN6S. The molecule has 8 heteroatoms. The molecule has 0 saturated heterocycles. The monoisotopic (exact) mass is 392 g/mol. The molecule has 0 fully saturated rings. The largest absolute Gasteiger partial charge is 0.324 e. The van der Waals surface area contributed by atoms with E-state index >= 15 is 0 Å². The van der Waals surface area contributed by atoms with Crippen LogP contribution in [0.2, 0.25) is 0 Å². The van der Waals surface area contributed by atoms with Crippen molar-refractivity contribution < 1.29 is 4.39 Å². The van der Waals surface area contributed by atoms with Gasteiger partial charge in [-0.05, 0) is 61.7 Å². The van der Waals surface area contributed by atoms with Gasteiger partial charge in [-0.1, -0.05) is 0 Å². The number of aryl methyl sites for hydroxylation is 1. The summed E-state index contributed by atoms with van der Waals surface area (Å²) < 4.78 is 15.6. The summed E-state index contributed by atoms with van der Waals surface area (Å²) >= 11 is 1.49. The van der Waals surface area contributed by atoms with Crippen molar-refractivity contribution in [1.82, 2.24) is 24.7 Å². The normalized spacial score (nSPS) is 10.8. The van der Waals surface area contributed by atoms with E-state index in [0.29, 0.717) is 17.2 Å². The number of thioether (sulfide) groups is 1. The minimum atomic E-state index is -0.283. The molecule has 0 atom stereocenters. The molecular weight excluding hydrogens is 375 g/mol. The smallest absolute Gasteiger partial charge is 0.227 e. The quantitative estimate of drug-likeness (QED) is 0.499. The van der Waals surface area contributed by atoms with Crippen LogP contribution in [0.3, 0.4) is 0 Å². The fraction of sp³-hybridized carbons (Fsp3) is 0.100. The molecule has 6 nitrogen and oxygen atoms in total. The van der Waals surface area contributed by atoms with Gasteiger partial charge in [-0.2, -0.15) is 5.10 Å². The van der Waals surface area contributed by atoms with Gasteiger partial charge in [0.15, 0.2) is 0 Å². The molecule has 0 aliphatic carbocycles. The fourth-order valence-corrected chi connectivity index (χ4v) is 3.18. The summed E-state index contributed by atoms with van der Waals surface area (Å²) in [6.07, 6.45) is 5.24. The zero-order chi connectivity index (χ0) is 19.5. The van der Waals surface area contributed by atoms with Gasteiger partial charge < -0.3 is 5.32 Å². The topological polar surface area (TPSA) is 68.5 Å². The Bertz CT molecular complexity index is 1110. The minimum absolute atomic E-state index is 0.283. The van der Waals surface area contributed by atoms with Crippen LogP contribution in [0.15, 0.2) is 66.0 Å². The Morgan fingerprint density at radius 1 is 1.04 bits per heavy atom. The highest BCUT2D eigenvalue weighted by Gasteiger charge is 2.07. The van der Waals surface area contributed by atoms with Gasteiger partial charge in [0.2, 0.25) is 5.95 Å². The van der Waals surface area contributed by atoms with Crippen molar-refractivity contribution in [2.45, 2.75) is 11.8 Å². The second kappa shape index (κ2) is 7.77. The summed E-state index contributed by atoms with van der Waals surface area (Å²) in [5, 5.41) is 7.46. The van der Waals surface area contributed by atoms with E-state index in [9.17, 15) is 4.39 Å². The summed E-state index contributed by atoms with van der Waals surface area (Å²) in [7, 11) is 0. The first-order valence-electron chi connectivity index (χ1n) is 8.54. The summed E-state index contributed by atoms with van der Waals surface area (Å²) in [6.45, 7) is 1.84. The second-order valence-electron chi connectivity index (χ2n) is 6.05. The van der Waals surface area contributed by atoms with E-state index in [0.717, 1.165) is 22.1 Å². The summed E-state index contributed by atoms with van der Waals surface area (Å²) in [4.78, 5) is 13.8. The lowest BCUT2D eigenvalue weighted by Crippen LogP contribution is -1.99. The zero-order valence-corrected chi connectivity index (χ0v) is 16.1. The van der Waals surface area contributed by atoms with E-state index in [1.807, 2.05) is 43.5 Å². The van der Waals surface area contributed by atoms with Gasteiger partial charge in [-0.25, -0.2) is 24.0 Å². The molecule has 140 valence electrons. The van der Waals surface area contributed by atoms with E-state index in [-0.39, 0.29) is 5.82 Å². The Morgan fingerprint density at radius 3 is 2.57 bits per heavy atom. The first kappa shape index (κ1) is 18.1. The Labute approximate surface area is 165 Å². The van der Waals surface area contributed by atoms with Gasteiger partial charge in [0.05, 0.1) is 11.4 Å². The Balaban J connectivity index is 1.56. The number of aromatic nitrogens is 5. The van der Waals surface area contributed by atoms with Crippen LogP contribution in [0.1, 0.15) is 5.82 Å². The molecule has 1 N–H and O–H groups in total. The van der Waals surface area contributed by atoms with Crippen LogP contribution >= 0.6 is 11.8 Å². The predicted octanol–water partition coefficient (Wildman–Crippen LogP) is 4.64. The average molecular weight is 392 g/mol. The molecule has 0 spiro atoms. The lowest BCUT2D eigenvalue weighted by Gasteiger charge is -2.08. The third-order valence-corrected chi connectivity index (χ3v) is 4.76. The highest BCUT2D eigenvalue weighted by molar-refractivity contribution is 7.98. The molecule has 2 aromatic carbocycles. The van der Waals surface area contributed by atoms with E-state index in [1.165, 1.54) is 23.9 Å².